The van der Waals surface area contributed by atoms with Gasteiger partial charge in [-0.3, -0.25) is 0 Å². The van der Waals surface area contributed by atoms with Gasteiger partial charge in [0.25, 0.3) is 0 Å². The van der Waals surface area contributed by atoms with Crippen molar-refractivity contribution in [1.29, 1.82) is 0 Å². The van der Waals surface area contributed by atoms with Crippen LogP contribution in [-0.2, 0) is 5.41 Å². The molecule has 1 aromatic carbocycles. The van der Waals surface area contributed by atoms with E-state index < -0.39 is 12.4 Å². The van der Waals surface area contributed by atoms with Gasteiger partial charge in [-0.05, 0) is 17.0 Å². The van der Waals surface area contributed by atoms with Crippen LogP contribution in [0.4, 0.5) is 18.6 Å². The monoisotopic (exact) mass is 216 g/mol. The Kier molecular flexibility index (Phi) is 2.76. The van der Waals surface area contributed by atoms with E-state index in [0.29, 0.717) is 5.56 Å². The van der Waals surface area contributed by atoms with Crippen molar-refractivity contribution in [3.63, 3.8) is 0 Å². The van der Waals surface area contributed by atoms with Crippen LogP contribution in [0.15, 0.2) is 18.2 Å². The third-order valence-corrected chi connectivity index (χ3v) is 2.31. The molecule has 0 saturated heterocycles. The van der Waals surface area contributed by atoms with Crippen LogP contribution in [0.25, 0.3) is 0 Å². The van der Waals surface area contributed by atoms with Crippen molar-refractivity contribution < 1.29 is 12.9 Å². The fraction of sp³-hybridized carbons (Fsp3) is 0.400. The summed E-state index contributed by atoms with van der Waals surface area (Å²) in [7, 11) is 0. The molecule has 15 heavy (non-hydrogen) atoms. The van der Waals surface area contributed by atoms with Gasteiger partial charge in [0.15, 0.2) is 0 Å². The van der Waals surface area contributed by atoms with Gasteiger partial charge in [0.05, 0.1) is 0 Å². The first-order valence-electron chi connectivity index (χ1n) is 4.72. The summed E-state index contributed by atoms with van der Waals surface area (Å²) in [6, 6.07) is 4.11. The highest BCUT2D eigenvalue weighted by atomic mass is 19.4. The third kappa shape index (κ3) is 2.67. The van der Waals surface area contributed by atoms with Crippen molar-refractivity contribution in [2.24, 2.45) is 0 Å². The number of anilines is 1. The van der Waals surface area contributed by atoms with Gasteiger partial charge >= 0.3 is 6.98 Å². The fourth-order valence-corrected chi connectivity index (χ4v) is 1.32. The average molecular weight is 216 g/mol. The third-order valence-electron chi connectivity index (χ3n) is 2.31. The van der Waals surface area contributed by atoms with Gasteiger partial charge < -0.3 is 18.7 Å². The predicted molar refractivity (Wildman–Crippen MR) is 58.3 cm³/mol. The molecule has 0 amide bonds. The Bertz CT molecular complexity index is 366. The van der Waals surface area contributed by atoms with E-state index in [9.17, 15) is 12.9 Å². The predicted octanol–water partition coefficient (Wildman–Crippen LogP) is 2.62. The van der Waals surface area contributed by atoms with Crippen molar-refractivity contribution in [2.45, 2.75) is 26.2 Å². The Morgan fingerprint density at radius 3 is 2.07 bits per heavy atom. The molecular weight excluding hydrogens is 202 g/mol. The lowest BCUT2D eigenvalue weighted by molar-refractivity contribution is 0.501. The summed E-state index contributed by atoms with van der Waals surface area (Å²) in [5.41, 5.74) is 4.77. The highest BCUT2D eigenvalue weighted by Crippen LogP contribution is 2.24. The van der Waals surface area contributed by atoms with E-state index in [2.05, 4.69) is 0 Å². The van der Waals surface area contributed by atoms with Crippen LogP contribution in [0.5, 0.6) is 0 Å². The molecule has 0 unspecified atom stereocenters. The van der Waals surface area contributed by atoms with E-state index >= 15 is 0 Å². The molecule has 0 aliphatic carbocycles. The second-order valence-corrected chi connectivity index (χ2v) is 4.67. The first-order valence-corrected chi connectivity index (χ1v) is 4.72. The number of nitrogens with two attached hydrogens (primary N) is 1. The molecule has 1 rings (SSSR count). The van der Waals surface area contributed by atoms with Gasteiger partial charge in [0, 0.05) is 5.69 Å². The molecule has 0 aromatic heterocycles. The minimum Gasteiger partial charge on any atom is -0.445 e. The number of halogens is 3. The van der Waals surface area contributed by atoms with E-state index in [1.807, 2.05) is 20.8 Å². The van der Waals surface area contributed by atoms with Crippen molar-refractivity contribution in [2.75, 3.05) is 5.73 Å². The lowest BCUT2D eigenvalue weighted by Gasteiger charge is -2.24. The topological polar surface area (TPSA) is 26.0 Å². The summed E-state index contributed by atoms with van der Waals surface area (Å²) in [6.07, 6.45) is 0. The zero-order valence-electron chi connectivity index (χ0n) is 9.02. The number of hydrogen-bond donors (Lipinski definition) is 1. The van der Waals surface area contributed by atoms with Gasteiger partial charge in [-0.2, -0.15) is 0 Å². The SMILES string of the molecule is CC(C)(C)c1ccc(N)c([B-](F)(F)F)c1. The molecular formula is C10H14BF3N-. The minimum atomic E-state index is -5.03. The molecule has 0 saturated carbocycles. The number of nitrogen functional groups attached to an aromatic ring is 1. The highest BCUT2D eigenvalue weighted by Gasteiger charge is 2.29. The van der Waals surface area contributed by atoms with E-state index in [4.69, 9.17) is 5.73 Å². The summed E-state index contributed by atoms with van der Waals surface area (Å²) < 4.78 is 37.8. The van der Waals surface area contributed by atoms with E-state index in [-0.39, 0.29) is 11.1 Å². The first kappa shape index (κ1) is 11.9. The van der Waals surface area contributed by atoms with Gasteiger partial charge in [-0.15, -0.1) is 0 Å². The van der Waals surface area contributed by atoms with Gasteiger partial charge in [-0.1, -0.05) is 38.4 Å². The number of hydrogen-bond acceptors (Lipinski definition) is 1. The number of benzene rings is 1. The second-order valence-electron chi connectivity index (χ2n) is 4.67. The molecule has 0 aliphatic rings. The molecule has 0 radical (unpaired) electrons. The van der Waals surface area contributed by atoms with Crippen LogP contribution in [-0.4, -0.2) is 6.98 Å². The van der Waals surface area contributed by atoms with E-state index in [1.54, 1.807) is 6.07 Å². The second kappa shape index (κ2) is 3.47. The minimum absolute atomic E-state index is 0.199. The Hall–Kier alpha value is -1.13. The Morgan fingerprint density at radius 2 is 1.67 bits per heavy atom. The smallest absolute Gasteiger partial charge is 0.445 e. The summed E-state index contributed by atoms with van der Waals surface area (Å²) >= 11 is 0. The van der Waals surface area contributed by atoms with Crippen molar-refractivity contribution in [3.8, 4) is 0 Å². The molecule has 1 aromatic rings. The van der Waals surface area contributed by atoms with Crippen molar-refractivity contribution >= 4 is 18.1 Å². The lowest BCUT2D eigenvalue weighted by Crippen LogP contribution is -2.37. The van der Waals surface area contributed by atoms with E-state index in [1.165, 1.54) is 6.07 Å². The largest absolute Gasteiger partial charge is 0.511 e. The molecule has 84 valence electrons. The van der Waals surface area contributed by atoms with Crippen LogP contribution < -0.4 is 11.2 Å². The van der Waals surface area contributed by atoms with Gasteiger partial charge in [0.1, 0.15) is 0 Å². The van der Waals surface area contributed by atoms with E-state index in [0.717, 1.165) is 6.07 Å². The average Bonchev–Trinajstić information content (AvgIpc) is 2.00. The van der Waals surface area contributed by atoms with Crippen LogP contribution in [0.1, 0.15) is 26.3 Å². The molecule has 1 nitrogen and oxygen atoms in total. The molecule has 0 spiro atoms. The molecule has 0 fully saturated rings. The first-order chi connectivity index (χ1) is 6.62. The maximum atomic E-state index is 12.6. The van der Waals surface area contributed by atoms with Gasteiger partial charge in [-0.25, -0.2) is 0 Å². The Balaban J connectivity index is 3.30. The van der Waals surface area contributed by atoms with Crippen LogP contribution in [0.3, 0.4) is 0 Å². The zero-order valence-corrected chi connectivity index (χ0v) is 9.02. The quantitative estimate of drug-likeness (QED) is 0.566. The lowest BCUT2D eigenvalue weighted by atomic mass is 9.75. The summed E-state index contributed by atoms with van der Waals surface area (Å²) in [6.45, 7) is 0.573. The fourth-order valence-electron chi connectivity index (χ4n) is 1.32. The molecule has 5 heteroatoms. The highest BCUT2D eigenvalue weighted by molar-refractivity contribution is 6.75. The molecule has 2 N–H and O–H groups in total. The Labute approximate surface area is 87.5 Å². The van der Waals surface area contributed by atoms with Crippen LogP contribution in [0.2, 0.25) is 0 Å². The molecule has 0 atom stereocenters. The normalized spacial score (nSPS) is 12.9. The summed E-state index contributed by atoms with van der Waals surface area (Å²) in [4.78, 5) is 0. The molecule has 0 heterocycles. The zero-order chi connectivity index (χ0) is 11.9. The van der Waals surface area contributed by atoms with Crippen molar-refractivity contribution in [1.82, 2.24) is 0 Å². The Morgan fingerprint density at radius 1 is 1.13 bits per heavy atom. The summed E-state index contributed by atoms with van der Waals surface area (Å²) in [5, 5.41) is 0. The summed E-state index contributed by atoms with van der Waals surface area (Å²) in [5.74, 6) is 0. The molecule has 0 aliphatic heterocycles. The van der Waals surface area contributed by atoms with Crippen LogP contribution >= 0.6 is 0 Å². The molecule has 0 bridgehead atoms. The van der Waals surface area contributed by atoms with Gasteiger partial charge in [0.2, 0.25) is 0 Å². The maximum Gasteiger partial charge on any atom is 0.511 e. The van der Waals surface area contributed by atoms with Crippen LogP contribution in [0, 0.1) is 0 Å². The standard InChI is InChI=1S/C10H14BF3N/c1-10(2,3)7-4-5-9(15)8(6-7)11(12,13)14/h4-6H,15H2,1-3H3/q-1. The van der Waals surface area contributed by atoms with Crippen molar-refractivity contribution in [3.05, 3.63) is 23.8 Å². The maximum absolute atomic E-state index is 12.6. The number of rotatable bonds is 1.